The van der Waals surface area contributed by atoms with E-state index in [1.807, 2.05) is 18.2 Å². The molecule has 0 saturated carbocycles. The molecule has 0 spiro atoms. The van der Waals surface area contributed by atoms with E-state index in [0.29, 0.717) is 17.0 Å². The van der Waals surface area contributed by atoms with Crippen LogP contribution in [0.3, 0.4) is 0 Å². The fraction of sp³-hybridized carbons (Fsp3) is 0.172. The van der Waals surface area contributed by atoms with Gasteiger partial charge in [-0.25, -0.2) is 14.4 Å². The minimum atomic E-state index is -0.631. The fourth-order valence-electron chi connectivity index (χ4n) is 4.86. The lowest BCUT2D eigenvalue weighted by molar-refractivity contribution is 0.0949. The molecule has 0 unspecified atom stereocenters. The van der Waals surface area contributed by atoms with Crippen molar-refractivity contribution in [1.82, 2.24) is 30.7 Å². The molecule has 1 amide bonds. The molecule has 1 aliphatic heterocycles. The number of carbonyl (C=O) groups is 1. The van der Waals surface area contributed by atoms with E-state index in [2.05, 4.69) is 42.1 Å². The highest BCUT2D eigenvalue weighted by atomic mass is 35.5. The molecule has 6 rings (SSSR count). The van der Waals surface area contributed by atoms with Gasteiger partial charge in [0.1, 0.15) is 12.4 Å². The van der Waals surface area contributed by atoms with Gasteiger partial charge in [0, 0.05) is 23.4 Å². The second-order valence-corrected chi connectivity index (χ2v) is 10.0. The molecule has 0 fully saturated rings. The van der Waals surface area contributed by atoms with E-state index in [1.165, 1.54) is 35.7 Å². The van der Waals surface area contributed by atoms with Gasteiger partial charge in [-0.15, -0.1) is 5.10 Å². The first kappa shape index (κ1) is 28.6. The van der Waals surface area contributed by atoms with E-state index in [9.17, 15) is 9.18 Å². The van der Waals surface area contributed by atoms with Gasteiger partial charge >= 0.3 is 0 Å². The van der Waals surface area contributed by atoms with E-state index in [-0.39, 0.29) is 46.8 Å². The molecule has 0 atom stereocenters. The van der Waals surface area contributed by atoms with Crippen LogP contribution >= 0.6 is 11.6 Å². The van der Waals surface area contributed by atoms with Crippen LogP contribution < -0.4 is 25.5 Å². The lowest BCUT2D eigenvalue weighted by atomic mass is 10.2. The average Bonchev–Trinajstić information content (AvgIpc) is 3.76. The number of carbonyl (C=O) groups excluding carboxylic acids is 1. The lowest BCUT2D eigenvalue weighted by Gasteiger charge is -2.19. The molecular formula is C29H25ClFN9O4. The van der Waals surface area contributed by atoms with Gasteiger partial charge in [-0.05, 0) is 52.6 Å². The Kier molecular flexibility index (Phi) is 8.06. The summed E-state index contributed by atoms with van der Waals surface area (Å²) in [5.41, 5.74) is 11.7. The predicted octanol–water partition coefficient (Wildman–Crippen LogP) is 3.94. The first-order valence-electron chi connectivity index (χ1n) is 13.4. The number of hydrogen-bond donors (Lipinski definition) is 2. The number of para-hydroxylation sites is 2. The van der Waals surface area contributed by atoms with E-state index in [4.69, 9.17) is 31.4 Å². The number of methoxy groups -OCH3 is 1. The predicted molar refractivity (Wildman–Crippen MR) is 159 cm³/mol. The number of rotatable bonds is 10. The van der Waals surface area contributed by atoms with Crippen LogP contribution in [-0.2, 0) is 19.6 Å². The summed E-state index contributed by atoms with van der Waals surface area (Å²) in [7, 11) is 1.47. The number of anilines is 2. The molecule has 0 aliphatic carbocycles. The van der Waals surface area contributed by atoms with Crippen molar-refractivity contribution in [3.8, 4) is 17.3 Å². The lowest BCUT2D eigenvalue weighted by Crippen LogP contribution is -2.26. The minimum Gasteiger partial charge on any atom is -0.493 e. The van der Waals surface area contributed by atoms with Crippen LogP contribution in [0.15, 0.2) is 70.4 Å². The second-order valence-electron chi connectivity index (χ2n) is 9.64. The molecule has 15 heteroatoms. The van der Waals surface area contributed by atoms with Crippen LogP contribution in [0.4, 0.5) is 15.9 Å². The van der Waals surface area contributed by atoms with Crippen LogP contribution in [-0.4, -0.2) is 51.1 Å². The number of nitrogens with one attached hydrogen (secondary N) is 1. The number of hydrazone groups is 1. The third-order valence-electron chi connectivity index (χ3n) is 7.02. The molecule has 0 radical (unpaired) electrons. The summed E-state index contributed by atoms with van der Waals surface area (Å²) in [6.07, 6.45) is 2.23. The summed E-state index contributed by atoms with van der Waals surface area (Å²) >= 11 is 6.16. The van der Waals surface area contributed by atoms with Crippen LogP contribution in [0.1, 0.15) is 32.9 Å². The number of nitrogens with two attached hydrogens (primary N) is 1. The average molecular weight is 618 g/mol. The highest BCUT2D eigenvalue weighted by molar-refractivity contribution is 6.31. The number of nitrogen functional groups attached to an aromatic ring is 1. The Labute approximate surface area is 255 Å². The molecule has 5 aromatic rings. The maximum Gasteiger partial charge on any atom is 0.293 e. The van der Waals surface area contributed by atoms with Crippen LogP contribution in [0.25, 0.3) is 5.82 Å². The maximum absolute atomic E-state index is 14.3. The number of halogens is 2. The van der Waals surface area contributed by atoms with Crippen molar-refractivity contribution >= 4 is 35.2 Å². The van der Waals surface area contributed by atoms with Crippen molar-refractivity contribution in [2.45, 2.75) is 19.6 Å². The molecule has 3 heterocycles. The van der Waals surface area contributed by atoms with Gasteiger partial charge in [0.2, 0.25) is 11.6 Å². The van der Waals surface area contributed by atoms with E-state index < -0.39 is 11.7 Å². The number of hydrogen-bond acceptors (Lipinski definition) is 11. The maximum atomic E-state index is 14.3. The number of fused-ring (bicyclic) bond motifs is 1. The zero-order valence-corrected chi connectivity index (χ0v) is 24.0. The summed E-state index contributed by atoms with van der Waals surface area (Å²) in [6, 6.07) is 17.5. The molecule has 0 saturated heterocycles. The van der Waals surface area contributed by atoms with E-state index in [1.54, 1.807) is 24.3 Å². The molecule has 44 heavy (non-hydrogen) atoms. The van der Waals surface area contributed by atoms with Crippen molar-refractivity contribution in [1.29, 1.82) is 0 Å². The van der Waals surface area contributed by atoms with Gasteiger partial charge in [0.15, 0.2) is 17.2 Å². The number of ether oxygens (including phenoxy) is 2. The second kappa shape index (κ2) is 12.4. The molecule has 13 nitrogen and oxygen atoms in total. The van der Waals surface area contributed by atoms with Gasteiger partial charge in [-0.1, -0.05) is 47.1 Å². The van der Waals surface area contributed by atoms with Gasteiger partial charge in [0.25, 0.3) is 5.91 Å². The zero-order valence-electron chi connectivity index (χ0n) is 23.3. The summed E-state index contributed by atoms with van der Waals surface area (Å²) in [6.45, 7) is 0.841. The molecular weight excluding hydrogens is 593 g/mol. The fourth-order valence-corrected chi connectivity index (χ4v) is 5.07. The smallest absolute Gasteiger partial charge is 0.293 e. The Morgan fingerprint density at radius 1 is 1.18 bits per heavy atom. The van der Waals surface area contributed by atoms with Gasteiger partial charge in [0.05, 0.1) is 30.6 Å². The largest absolute Gasteiger partial charge is 0.493 e. The van der Waals surface area contributed by atoms with Crippen molar-refractivity contribution in [3.63, 3.8) is 0 Å². The SMILES string of the molecule is COc1cccc(/C=N/NC(=O)c2nnn(-c3nonc3N)c2CN2CCc3ccccc32)c1OCc1c(F)cccc1Cl. The first-order chi connectivity index (χ1) is 21.4. The standard InChI is InChI=1S/C29H25ClFN9O4/c1-42-24-11-4-7-18(26(24)43-16-19-20(30)8-5-9-21(19)31)14-33-35-29(41)25-23(40(38-34-25)28-27(32)36-44-37-28)15-39-13-12-17-6-2-3-10-22(17)39/h2-11,14H,12-13,15-16H2,1H3,(H2,32,36)(H,35,41)/b33-14+. The summed E-state index contributed by atoms with van der Waals surface area (Å²) in [4.78, 5) is 15.5. The molecule has 3 aromatic carbocycles. The van der Waals surface area contributed by atoms with Gasteiger partial charge in [-0.3, -0.25) is 4.79 Å². The van der Waals surface area contributed by atoms with E-state index >= 15 is 0 Å². The highest BCUT2D eigenvalue weighted by Crippen LogP contribution is 2.32. The van der Waals surface area contributed by atoms with Crippen LogP contribution in [0.5, 0.6) is 11.5 Å². The van der Waals surface area contributed by atoms with Crippen LogP contribution in [0, 0.1) is 5.82 Å². The monoisotopic (exact) mass is 617 g/mol. The minimum absolute atomic E-state index is 0.00485. The number of benzene rings is 3. The Hall–Kier alpha value is -5.50. The van der Waals surface area contributed by atoms with Crippen molar-refractivity contribution in [3.05, 3.63) is 99.6 Å². The Bertz CT molecular complexity index is 1840. The normalized spacial score (nSPS) is 12.5. The Morgan fingerprint density at radius 2 is 2.02 bits per heavy atom. The Balaban J connectivity index is 1.25. The molecule has 0 bridgehead atoms. The highest BCUT2D eigenvalue weighted by Gasteiger charge is 2.28. The zero-order chi connectivity index (χ0) is 30.6. The summed E-state index contributed by atoms with van der Waals surface area (Å²) in [5, 5.41) is 20.0. The summed E-state index contributed by atoms with van der Waals surface area (Å²) in [5.74, 6) is -0.378. The molecule has 3 N–H and O–H groups in total. The molecule has 224 valence electrons. The third kappa shape index (κ3) is 5.62. The van der Waals surface area contributed by atoms with Crippen molar-refractivity contribution < 1.29 is 23.3 Å². The summed E-state index contributed by atoms with van der Waals surface area (Å²) < 4.78 is 31.7. The number of nitrogens with zero attached hydrogens (tertiary/aromatic N) is 7. The third-order valence-corrected chi connectivity index (χ3v) is 7.37. The number of amides is 1. The Morgan fingerprint density at radius 3 is 2.82 bits per heavy atom. The molecule has 2 aromatic heterocycles. The van der Waals surface area contributed by atoms with Crippen molar-refractivity contribution in [2.24, 2.45) is 5.10 Å². The first-order valence-corrected chi connectivity index (χ1v) is 13.7. The van der Waals surface area contributed by atoms with Crippen molar-refractivity contribution in [2.75, 3.05) is 24.3 Å². The molecule has 1 aliphatic rings. The number of aromatic nitrogens is 5. The van der Waals surface area contributed by atoms with Gasteiger partial charge < -0.3 is 20.1 Å². The quantitative estimate of drug-likeness (QED) is 0.174. The van der Waals surface area contributed by atoms with Gasteiger partial charge in [-0.2, -0.15) is 9.78 Å². The topological polar surface area (TPSA) is 159 Å². The van der Waals surface area contributed by atoms with Crippen LogP contribution in [0.2, 0.25) is 5.02 Å². The van der Waals surface area contributed by atoms with E-state index in [0.717, 1.165) is 18.7 Å².